The van der Waals surface area contributed by atoms with Crippen molar-refractivity contribution >= 4 is 10.8 Å². The molecule has 2 nitrogen and oxygen atoms in total. The molecule has 1 aromatic heterocycles. The number of pyridine rings is 1. The van der Waals surface area contributed by atoms with Gasteiger partial charge in [0.2, 0.25) is 0 Å². The molecule has 0 radical (unpaired) electrons. The lowest BCUT2D eigenvalue weighted by Crippen LogP contribution is -2.10. The van der Waals surface area contributed by atoms with Crippen LogP contribution in [0.5, 0.6) is 5.75 Å². The van der Waals surface area contributed by atoms with Crippen molar-refractivity contribution in [3.05, 3.63) is 35.9 Å². The lowest BCUT2D eigenvalue weighted by molar-refractivity contribution is 0.219. The van der Waals surface area contributed by atoms with Crippen LogP contribution >= 0.6 is 0 Å². The van der Waals surface area contributed by atoms with E-state index in [1.54, 1.807) is 12.3 Å². The van der Waals surface area contributed by atoms with Gasteiger partial charge in [-0.1, -0.05) is 6.92 Å². The molecule has 0 aliphatic carbocycles. The van der Waals surface area contributed by atoms with Gasteiger partial charge in [-0.25, -0.2) is 4.39 Å². The van der Waals surface area contributed by atoms with Crippen LogP contribution in [0.25, 0.3) is 10.8 Å². The second-order valence-corrected chi connectivity index (χ2v) is 4.23. The first-order valence-electron chi connectivity index (χ1n) is 5.83. The Labute approximate surface area is 100 Å². The number of hydrogen-bond donors (Lipinski definition) is 0. The van der Waals surface area contributed by atoms with Gasteiger partial charge in [0.05, 0.1) is 12.3 Å². The third kappa shape index (κ3) is 2.38. The number of fused-ring (bicyclic) bond motifs is 1. The van der Waals surface area contributed by atoms with Gasteiger partial charge in [-0.2, -0.15) is 0 Å². The molecular formula is C14H16FNO. The van der Waals surface area contributed by atoms with E-state index in [0.29, 0.717) is 0 Å². The molecule has 0 aliphatic rings. The third-order valence-electron chi connectivity index (χ3n) is 2.92. The van der Waals surface area contributed by atoms with Crippen molar-refractivity contribution in [2.75, 3.05) is 0 Å². The normalized spacial score (nSPS) is 12.7. The zero-order chi connectivity index (χ0) is 12.4. The van der Waals surface area contributed by atoms with E-state index >= 15 is 0 Å². The quantitative estimate of drug-likeness (QED) is 0.803. The average molecular weight is 233 g/mol. The Kier molecular flexibility index (Phi) is 3.27. The predicted octanol–water partition coefficient (Wildman–Crippen LogP) is 3.86. The monoisotopic (exact) mass is 233 g/mol. The molecule has 0 aliphatic heterocycles. The van der Waals surface area contributed by atoms with Gasteiger partial charge in [0.15, 0.2) is 0 Å². The van der Waals surface area contributed by atoms with Gasteiger partial charge in [-0.05, 0) is 38.5 Å². The number of aryl methyl sites for hydroxylation is 1. The van der Waals surface area contributed by atoms with Gasteiger partial charge >= 0.3 is 0 Å². The Hall–Kier alpha value is -1.64. The van der Waals surface area contributed by atoms with Gasteiger partial charge in [0.25, 0.3) is 0 Å². The van der Waals surface area contributed by atoms with Crippen molar-refractivity contribution in [2.45, 2.75) is 33.3 Å². The molecule has 0 amide bonds. The molecule has 0 spiro atoms. The Morgan fingerprint density at radius 3 is 2.82 bits per heavy atom. The second kappa shape index (κ2) is 4.70. The Morgan fingerprint density at radius 1 is 1.35 bits per heavy atom. The first-order valence-corrected chi connectivity index (χ1v) is 5.83. The molecule has 2 aromatic rings. The number of nitrogens with zero attached hydrogens (tertiary/aromatic N) is 1. The number of aromatic nitrogens is 1. The van der Waals surface area contributed by atoms with Gasteiger partial charge in [-0.15, -0.1) is 0 Å². The molecule has 0 saturated heterocycles. The predicted molar refractivity (Wildman–Crippen MR) is 66.8 cm³/mol. The van der Waals surface area contributed by atoms with E-state index in [-0.39, 0.29) is 11.9 Å². The van der Waals surface area contributed by atoms with E-state index in [0.717, 1.165) is 28.6 Å². The molecular weight excluding hydrogens is 217 g/mol. The van der Waals surface area contributed by atoms with E-state index in [2.05, 4.69) is 11.9 Å². The van der Waals surface area contributed by atoms with Crippen LogP contribution in [-0.2, 0) is 0 Å². The fourth-order valence-electron chi connectivity index (χ4n) is 1.72. The highest BCUT2D eigenvalue weighted by Gasteiger charge is 2.09. The highest BCUT2D eigenvalue weighted by Crippen LogP contribution is 2.28. The summed E-state index contributed by atoms with van der Waals surface area (Å²) in [6.07, 6.45) is 2.77. The minimum atomic E-state index is -0.247. The molecule has 1 heterocycles. The SMILES string of the molecule is CCC(C)Oc1cnc(C)c2cc(F)ccc12. The summed E-state index contributed by atoms with van der Waals surface area (Å²) in [5.41, 5.74) is 0.816. The molecule has 1 aromatic carbocycles. The van der Waals surface area contributed by atoms with Crippen LogP contribution in [0.15, 0.2) is 24.4 Å². The van der Waals surface area contributed by atoms with E-state index in [4.69, 9.17) is 4.74 Å². The van der Waals surface area contributed by atoms with Crippen molar-refractivity contribution in [1.82, 2.24) is 4.98 Å². The minimum absolute atomic E-state index is 0.132. The summed E-state index contributed by atoms with van der Waals surface area (Å²) in [6, 6.07) is 4.70. The highest BCUT2D eigenvalue weighted by atomic mass is 19.1. The maximum Gasteiger partial charge on any atom is 0.145 e. The average Bonchev–Trinajstić information content (AvgIpc) is 2.33. The van der Waals surface area contributed by atoms with Gasteiger partial charge in [0.1, 0.15) is 11.6 Å². The Morgan fingerprint density at radius 2 is 2.12 bits per heavy atom. The first-order chi connectivity index (χ1) is 8.11. The molecule has 0 N–H and O–H groups in total. The molecule has 90 valence electrons. The summed E-state index contributed by atoms with van der Waals surface area (Å²) < 4.78 is 19.0. The van der Waals surface area contributed by atoms with Gasteiger partial charge in [-0.3, -0.25) is 4.98 Å². The number of hydrogen-bond acceptors (Lipinski definition) is 2. The van der Waals surface area contributed by atoms with E-state index < -0.39 is 0 Å². The first kappa shape index (κ1) is 11.8. The number of benzene rings is 1. The van der Waals surface area contributed by atoms with Crippen LogP contribution in [0.2, 0.25) is 0 Å². The standard InChI is InChI=1S/C14H16FNO/c1-4-9(2)17-14-8-16-10(3)13-7-11(15)5-6-12(13)14/h5-9H,4H2,1-3H3. The maximum atomic E-state index is 13.2. The minimum Gasteiger partial charge on any atom is -0.488 e. The Balaban J connectivity index is 2.54. The topological polar surface area (TPSA) is 22.1 Å². The van der Waals surface area contributed by atoms with Crippen LogP contribution in [0.3, 0.4) is 0 Å². The van der Waals surface area contributed by atoms with Crippen LogP contribution in [0, 0.1) is 12.7 Å². The maximum absolute atomic E-state index is 13.2. The van der Waals surface area contributed by atoms with Gasteiger partial charge < -0.3 is 4.74 Å². The number of rotatable bonds is 3. The number of ether oxygens (including phenoxy) is 1. The zero-order valence-electron chi connectivity index (χ0n) is 10.3. The van der Waals surface area contributed by atoms with Crippen molar-refractivity contribution in [3.8, 4) is 5.75 Å². The van der Waals surface area contributed by atoms with Crippen molar-refractivity contribution in [2.24, 2.45) is 0 Å². The zero-order valence-corrected chi connectivity index (χ0v) is 10.3. The fourth-order valence-corrected chi connectivity index (χ4v) is 1.72. The molecule has 0 saturated carbocycles. The molecule has 3 heteroatoms. The summed E-state index contributed by atoms with van der Waals surface area (Å²) in [5, 5.41) is 1.73. The van der Waals surface area contributed by atoms with E-state index in [1.165, 1.54) is 12.1 Å². The van der Waals surface area contributed by atoms with Crippen LogP contribution in [0.4, 0.5) is 4.39 Å². The highest BCUT2D eigenvalue weighted by molar-refractivity contribution is 5.89. The van der Waals surface area contributed by atoms with Crippen LogP contribution in [0.1, 0.15) is 26.0 Å². The lowest BCUT2D eigenvalue weighted by atomic mass is 10.1. The van der Waals surface area contributed by atoms with Crippen molar-refractivity contribution < 1.29 is 9.13 Å². The summed E-state index contributed by atoms with van der Waals surface area (Å²) in [4.78, 5) is 4.24. The summed E-state index contributed by atoms with van der Waals surface area (Å²) in [7, 11) is 0. The third-order valence-corrected chi connectivity index (χ3v) is 2.92. The molecule has 0 bridgehead atoms. The molecule has 1 unspecified atom stereocenters. The summed E-state index contributed by atoms with van der Waals surface area (Å²) >= 11 is 0. The molecule has 2 rings (SSSR count). The lowest BCUT2D eigenvalue weighted by Gasteiger charge is -2.15. The fraction of sp³-hybridized carbons (Fsp3) is 0.357. The van der Waals surface area contributed by atoms with Gasteiger partial charge in [0, 0.05) is 16.5 Å². The smallest absolute Gasteiger partial charge is 0.145 e. The van der Waals surface area contributed by atoms with E-state index in [9.17, 15) is 4.39 Å². The molecule has 0 fully saturated rings. The largest absolute Gasteiger partial charge is 0.488 e. The summed E-state index contributed by atoms with van der Waals surface area (Å²) in [6.45, 7) is 5.94. The number of halogens is 1. The molecule has 17 heavy (non-hydrogen) atoms. The van der Waals surface area contributed by atoms with Crippen LogP contribution < -0.4 is 4.74 Å². The second-order valence-electron chi connectivity index (χ2n) is 4.23. The van der Waals surface area contributed by atoms with Crippen molar-refractivity contribution in [1.29, 1.82) is 0 Å². The molecule has 1 atom stereocenters. The van der Waals surface area contributed by atoms with E-state index in [1.807, 2.05) is 13.8 Å². The Bertz CT molecular complexity index is 539. The van der Waals surface area contributed by atoms with Crippen LogP contribution in [-0.4, -0.2) is 11.1 Å². The van der Waals surface area contributed by atoms with Crippen molar-refractivity contribution in [3.63, 3.8) is 0 Å². The summed E-state index contributed by atoms with van der Waals surface area (Å²) in [5.74, 6) is 0.475.